The zero-order chi connectivity index (χ0) is 17.6. The molecule has 0 aliphatic carbocycles. The van der Waals surface area contributed by atoms with Crippen molar-refractivity contribution < 1.29 is 24.5 Å². The molecule has 0 fully saturated rings. The van der Waals surface area contributed by atoms with Gasteiger partial charge in [-0.25, -0.2) is 9.59 Å². The van der Waals surface area contributed by atoms with Crippen LogP contribution in [0.2, 0.25) is 0 Å². The Balaban J connectivity index is -0.0000000397. The van der Waals surface area contributed by atoms with Crippen molar-refractivity contribution in [3.8, 4) is 0 Å². The molecule has 8 N–H and O–H groups in total. The fourth-order valence-corrected chi connectivity index (χ4v) is 0.620. The van der Waals surface area contributed by atoms with E-state index < -0.39 is 12.1 Å². The van der Waals surface area contributed by atoms with Crippen LogP contribution in [0, 0.1) is 0 Å². The van der Waals surface area contributed by atoms with Crippen molar-refractivity contribution >= 4 is 20.5 Å². The number of amides is 3. The van der Waals surface area contributed by atoms with Gasteiger partial charge in [-0.05, 0) is 12.8 Å². The summed E-state index contributed by atoms with van der Waals surface area (Å²) in [7, 11) is 2.00. The van der Waals surface area contributed by atoms with E-state index in [0.29, 0.717) is 0 Å². The van der Waals surface area contributed by atoms with Crippen molar-refractivity contribution in [2.75, 3.05) is 14.2 Å². The summed E-state index contributed by atoms with van der Waals surface area (Å²) < 4.78 is 4.69. The number of primary amides is 3. The van der Waals surface area contributed by atoms with Gasteiger partial charge < -0.3 is 32.2 Å². The molecule has 0 unspecified atom stereocenters. The Hall–Kier alpha value is -1.48. The van der Waals surface area contributed by atoms with Gasteiger partial charge in [-0.3, -0.25) is 0 Å². The molecule has 0 bridgehead atoms. The Morgan fingerprint density at radius 2 is 1.10 bits per heavy atom. The second kappa shape index (κ2) is 42.8. The fraction of sp³-hybridized carbons (Fsp3) is 0.833. The molecule has 0 heterocycles. The largest absolute Gasteiger partial charge is 0.446 e. The SMILES string of the molecule is CCC.CCC(CC)OC(N)=O.CO.CO.NC(N)=O.[B]. The Labute approximate surface area is 130 Å². The monoisotopic (exact) mass is 310 g/mol. The molecular weight excluding hydrogens is 277 g/mol. The van der Waals surface area contributed by atoms with Gasteiger partial charge in [0.1, 0.15) is 6.10 Å². The molecule has 8 nitrogen and oxygen atoms in total. The van der Waals surface area contributed by atoms with E-state index in [1.165, 1.54) is 6.42 Å². The van der Waals surface area contributed by atoms with E-state index in [0.717, 1.165) is 27.1 Å². The highest BCUT2D eigenvalue weighted by Crippen LogP contribution is 2.01. The van der Waals surface area contributed by atoms with E-state index in [4.69, 9.17) is 20.7 Å². The zero-order valence-corrected chi connectivity index (χ0v) is 14.1. The molecule has 0 aromatic heterocycles. The third-order valence-electron chi connectivity index (χ3n) is 1.19. The first kappa shape index (κ1) is 36.6. The third-order valence-corrected chi connectivity index (χ3v) is 1.19. The summed E-state index contributed by atoms with van der Waals surface area (Å²) in [6, 6.07) is -0.833. The summed E-state index contributed by atoms with van der Waals surface area (Å²) in [6.45, 7) is 8.16. The quantitative estimate of drug-likeness (QED) is 0.480. The van der Waals surface area contributed by atoms with Gasteiger partial charge in [-0.2, -0.15) is 0 Å². The summed E-state index contributed by atoms with van der Waals surface area (Å²) >= 11 is 0. The number of carbonyl (C=O) groups is 2. The van der Waals surface area contributed by atoms with Gasteiger partial charge >= 0.3 is 12.1 Å². The van der Waals surface area contributed by atoms with Crippen LogP contribution in [-0.4, -0.2) is 51.1 Å². The molecule has 9 heteroatoms. The minimum Gasteiger partial charge on any atom is -0.446 e. The molecule has 0 aromatic rings. The van der Waals surface area contributed by atoms with Gasteiger partial charge in [-0.1, -0.05) is 34.1 Å². The Bertz CT molecular complexity index is 178. The van der Waals surface area contributed by atoms with E-state index >= 15 is 0 Å². The van der Waals surface area contributed by atoms with Gasteiger partial charge in [0.15, 0.2) is 0 Å². The number of hydrogen-bond donors (Lipinski definition) is 5. The lowest BCUT2D eigenvalue weighted by Crippen LogP contribution is -2.21. The Morgan fingerprint density at radius 1 is 0.905 bits per heavy atom. The smallest absolute Gasteiger partial charge is 0.404 e. The summed E-state index contributed by atoms with van der Waals surface area (Å²) in [6.07, 6.45) is 2.24. The second-order valence-electron chi connectivity index (χ2n) is 2.98. The number of aliphatic hydroxyl groups is 2. The van der Waals surface area contributed by atoms with Crippen LogP contribution >= 0.6 is 0 Å². The highest BCUT2D eigenvalue weighted by Gasteiger charge is 2.05. The summed E-state index contributed by atoms with van der Waals surface area (Å²) in [5.74, 6) is 0. The minimum atomic E-state index is -0.833. The number of nitrogens with two attached hydrogens (primary N) is 3. The van der Waals surface area contributed by atoms with Crippen LogP contribution in [0.4, 0.5) is 9.59 Å². The average molecular weight is 310 g/mol. The van der Waals surface area contributed by atoms with Crippen molar-refractivity contribution in [3.63, 3.8) is 0 Å². The second-order valence-corrected chi connectivity index (χ2v) is 2.98. The molecule has 3 radical (unpaired) electrons. The fourth-order valence-electron chi connectivity index (χ4n) is 0.620. The van der Waals surface area contributed by atoms with Crippen LogP contribution in [0.1, 0.15) is 47.0 Å². The van der Waals surface area contributed by atoms with E-state index in [1.54, 1.807) is 0 Å². The van der Waals surface area contributed by atoms with E-state index in [9.17, 15) is 4.79 Å². The van der Waals surface area contributed by atoms with Crippen molar-refractivity contribution in [2.24, 2.45) is 17.2 Å². The molecule has 0 saturated carbocycles. The predicted molar refractivity (Wildman–Crippen MR) is 86.8 cm³/mol. The van der Waals surface area contributed by atoms with Crippen LogP contribution in [0.15, 0.2) is 0 Å². The minimum absolute atomic E-state index is 0. The van der Waals surface area contributed by atoms with Crippen LogP contribution in [0.25, 0.3) is 0 Å². The molecule has 0 aromatic carbocycles. The standard InChI is InChI=1S/C6H13NO2.C3H8.CH4N2O.2CH4O.B/c1-3-5(4-2)9-6(7)8;1-3-2;2-1(3)4;2*1-2;/h5H,3-4H2,1-2H3,(H2,7,8);3H2,1-2H3;(H4,2,3,4);2*2H,1H3;. The van der Waals surface area contributed by atoms with Crippen molar-refractivity contribution in [3.05, 3.63) is 0 Å². The van der Waals surface area contributed by atoms with Crippen LogP contribution in [-0.2, 0) is 4.74 Å². The maximum Gasteiger partial charge on any atom is 0.404 e. The van der Waals surface area contributed by atoms with E-state index in [1.807, 2.05) is 13.8 Å². The van der Waals surface area contributed by atoms with Crippen molar-refractivity contribution in [1.29, 1.82) is 0 Å². The van der Waals surface area contributed by atoms with E-state index in [2.05, 4.69) is 30.1 Å². The summed E-state index contributed by atoms with van der Waals surface area (Å²) in [5.41, 5.74) is 13.3. The number of hydrogen-bond acceptors (Lipinski definition) is 5. The average Bonchev–Trinajstić information content (AvgIpc) is 2.40. The normalized spacial score (nSPS) is 6.71. The number of carbonyl (C=O) groups excluding carboxylic acids is 2. The number of urea groups is 1. The highest BCUT2D eigenvalue weighted by atomic mass is 16.6. The molecule has 3 amide bonds. The zero-order valence-electron chi connectivity index (χ0n) is 14.1. The van der Waals surface area contributed by atoms with Crippen molar-refractivity contribution in [1.82, 2.24) is 0 Å². The topological polar surface area (TPSA) is 162 Å². The predicted octanol–water partition coefficient (Wildman–Crippen LogP) is 0.547. The van der Waals surface area contributed by atoms with Gasteiger partial charge in [0.2, 0.25) is 0 Å². The molecule has 0 rings (SSSR count). The maximum atomic E-state index is 10.1. The molecule has 0 spiro atoms. The summed E-state index contributed by atoms with van der Waals surface area (Å²) in [4.78, 5) is 19.1. The molecule has 0 aliphatic heterocycles. The van der Waals surface area contributed by atoms with Crippen LogP contribution in [0.3, 0.4) is 0 Å². The van der Waals surface area contributed by atoms with Gasteiger partial charge in [-0.15, -0.1) is 0 Å². The third kappa shape index (κ3) is 119. The number of aliphatic hydroxyl groups excluding tert-OH is 2. The maximum absolute atomic E-state index is 10.1. The first-order valence-corrected chi connectivity index (χ1v) is 6.25. The Morgan fingerprint density at radius 3 is 1.14 bits per heavy atom. The molecular formula is C12H33BN3O5. The molecule has 0 aliphatic rings. The van der Waals surface area contributed by atoms with Gasteiger partial charge in [0.25, 0.3) is 0 Å². The van der Waals surface area contributed by atoms with Gasteiger partial charge in [0.05, 0.1) is 0 Å². The molecule has 129 valence electrons. The van der Waals surface area contributed by atoms with Gasteiger partial charge in [0, 0.05) is 22.6 Å². The first-order chi connectivity index (χ1) is 9.35. The highest BCUT2D eigenvalue weighted by molar-refractivity contribution is 5.75. The van der Waals surface area contributed by atoms with Crippen LogP contribution < -0.4 is 17.2 Å². The number of rotatable bonds is 3. The summed E-state index contributed by atoms with van der Waals surface area (Å²) in [5, 5.41) is 14.0. The molecule has 21 heavy (non-hydrogen) atoms. The molecule has 0 saturated heterocycles. The Kier molecular flexibility index (Phi) is 74.7. The van der Waals surface area contributed by atoms with Crippen LogP contribution in [0.5, 0.6) is 0 Å². The molecule has 0 atom stereocenters. The lowest BCUT2D eigenvalue weighted by molar-refractivity contribution is 0.102. The lowest BCUT2D eigenvalue weighted by atomic mass is 10.2. The number of ether oxygens (including phenoxy) is 1. The van der Waals surface area contributed by atoms with E-state index in [-0.39, 0.29) is 14.5 Å². The first-order valence-electron chi connectivity index (χ1n) is 6.25. The lowest BCUT2D eigenvalue weighted by Gasteiger charge is -2.10. The van der Waals surface area contributed by atoms with Crippen molar-refractivity contribution in [2.45, 2.75) is 53.1 Å².